The number of guanidine groups is 2. The zero-order valence-corrected chi connectivity index (χ0v) is 33.8. The lowest BCUT2D eigenvalue weighted by Crippen LogP contribution is -2.39. The molecule has 4 aromatic carbocycles. The van der Waals surface area contributed by atoms with Gasteiger partial charge < -0.3 is 32.7 Å². The molecule has 0 unspecified atom stereocenters. The number of thioether (sulfide) groups is 2. The van der Waals surface area contributed by atoms with Crippen molar-refractivity contribution in [3.8, 4) is 12.1 Å². The summed E-state index contributed by atoms with van der Waals surface area (Å²) in [7, 11) is 0. The minimum Gasteiger partial charge on any atom is -0.370 e. The van der Waals surface area contributed by atoms with Crippen LogP contribution in [0.2, 0.25) is 20.1 Å². The molecule has 6 rings (SSSR count). The van der Waals surface area contributed by atoms with Gasteiger partial charge in [-0.1, -0.05) is 94.2 Å². The van der Waals surface area contributed by atoms with E-state index in [0.717, 1.165) is 23.5 Å². The van der Waals surface area contributed by atoms with Crippen LogP contribution in [0.1, 0.15) is 45.7 Å². The van der Waals surface area contributed by atoms with Gasteiger partial charge in [-0.3, -0.25) is 9.59 Å². The van der Waals surface area contributed by atoms with Crippen molar-refractivity contribution in [2.24, 2.45) is 31.4 Å². The Balaban J connectivity index is 1.03. The van der Waals surface area contributed by atoms with E-state index in [4.69, 9.17) is 57.9 Å². The summed E-state index contributed by atoms with van der Waals surface area (Å²) in [6.45, 7) is 0. The summed E-state index contributed by atoms with van der Waals surface area (Å²) in [4.78, 5) is 43.4. The molecule has 14 nitrogen and oxygen atoms in total. The third-order valence-corrected chi connectivity index (χ3v) is 11.3. The van der Waals surface area contributed by atoms with Gasteiger partial charge in [-0.15, -0.1) is 0 Å². The second-order valence-corrected chi connectivity index (χ2v) is 15.6. The molecule has 2 aliphatic heterocycles. The Kier molecular flexibility index (Phi) is 13.5. The fourth-order valence-electron chi connectivity index (χ4n) is 5.37. The molecule has 2 atom stereocenters. The van der Waals surface area contributed by atoms with E-state index in [-0.39, 0.29) is 41.7 Å². The molecule has 2 aliphatic rings. The van der Waals surface area contributed by atoms with Crippen molar-refractivity contribution >= 4 is 115 Å². The highest BCUT2D eigenvalue weighted by Crippen LogP contribution is 2.31. The van der Waals surface area contributed by atoms with Crippen molar-refractivity contribution in [1.29, 1.82) is 10.5 Å². The van der Waals surface area contributed by atoms with Crippen LogP contribution in [0.4, 0.5) is 11.4 Å². The number of hydrogen-bond acceptors (Lipinski definition) is 14. The number of rotatable bonds is 10. The van der Waals surface area contributed by atoms with Gasteiger partial charge in [-0.2, -0.15) is 10.5 Å². The van der Waals surface area contributed by atoms with Gasteiger partial charge in [0.2, 0.25) is 11.8 Å². The fourth-order valence-corrected chi connectivity index (χ4v) is 7.37. The van der Waals surface area contributed by atoms with Crippen LogP contribution in [0.25, 0.3) is 0 Å². The summed E-state index contributed by atoms with van der Waals surface area (Å²) in [5.74, 6) is -0.448. The predicted octanol–water partition coefficient (Wildman–Crippen LogP) is 6.92. The number of carbonyl (C=O) groups is 2. The highest BCUT2D eigenvalue weighted by Gasteiger charge is 2.21. The van der Waals surface area contributed by atoms with Crippen molar-refractivity contribution in [2.75, 3.05) is 22.1 Å². The van der Waals surface area contributed by atoms with E-state index in [1.54, 1.807) is 72.8 Å². The summed E-state index contributed by atoms with van der Waals surface area (Å²) in [5, 5.41) is 33.5. The number of amides is 2. The second kappa shape index (κ2) is 18.7. The minimum atomic E-state index is -0.660. The van der Waals surface area contributed by atoms with Crippen LogP contribution in [-0.2, 0) is 16.0 Å². The van der Waals surface area contributed by atoms with Crippen LogP contribution < -0.4 is 32.7 Å². The topological polar surface area (TPSA) is 231 Å². The SMILES string of the molecule is N#Cc1cc(NC(=O)CSC2=N[C@H](c3ccc(Cl)c(Cl)c3)N=C(N)N2)ccc1Cc1ccc(NC(=O)CSC2=N[C@@H](c3ccc(Cl)c(Cl)c3)N=C(N)N2)cc1C#N. The molecule has 57 heavy (non-hydrogen) atoms. The number of hydrogen-bond donors (Lipinski definition) is 6. The van der Waals surface area contributed by atoms with Gasteiger partial charge in [0.15, 0.2) is 34.6 Å². The highest BCUT2D eigenvalue weighted by atomic mass is 35.5. The van der Waals surface area contributed by atoms with Crippen LogP contribution in [-0.4, -0.2) is 45.6 Å². The number of nitriles is 2. The molecule has 0 saturated carbocycles. The second-order valence-electron chi connectivity index (χ2n) is 12.1. The molecule has 2 amide bonds. The van der Waals surface area contributed by atoms with Crippen LogP contribution in [0.15, 0.2) is 92.8 Å². The van der Waals surface area contributed by atoms with E-state index in [9.17, 15) is 20.1 Å². The van der Waals surface area contributed by atoms with Gasteiger partial charge in [0.1, 0.15) is 0 Å². The first-order chi connectivity index (χ1) is 27.4. The van der Waals surface area contributed by atoms with Gasteiger partial charge in [0.25, 0.3) is 0 Å². The molecule has 2 heterocycles. The molecule has 0 aliphatic carbocycles. The molecule has 0 saturated heterocycles. The number of aliphatic imine (C=N–C) groups is 4. The van der Waals surface area contributed by atoms with Gasteiger partial charge in [0.05, 0.1) is 54.9 Å². The molecule has 0 fully saturated rings. The lowest BCUT2D eigenvalue weighted by atomic mass is 9.96. The number of nitrogens with zero attached hydrogens (tertiary/aromatic N) is 6. The third-order valence-electron chi connectivity index (χ3n) is 8.04. The number of amidine groups is 2. The quantitative estimate of drug-likeness (QED) is 0.0963. The molecule has 4 aromatic rings. The maximum atomic E-state index is 12.9. The van der Waals surface area contributed by atoms with Gasteiger partial charge >= 0.3 is 0 Å². The number of carbonyl (C=O) groups excluding carboxylic acids is 2. The van der Waals surface area contributed by atoms with E-state index in [2.05, 4.69) is 53.4 Å². The van der Waals surface area contributed by atoms with E-state index in [0.29, 0.717) is 75.2 Å². The lowest BCUT2D eigenvalue weighted by molar-refractivity contribution is -0.114. The molecule has 0 bridgehead atoms. The Bertz CT molecular complexity index is 2310. The first-order valence-electron chi connectivity index (χ1n) is 16.5. The van der Waals surface area contributed by atoms with E-state index in [1.807, 2.05) is 0 Å². The molecular formula is C37H28Cl4N12O2S2. The predicted molar refractivity (Wildman–Crippen MR) is 230 cm³/mol. The van der Waals surface area contributed by atoms with E-state index < -0.39 is 12.3 Å². The number of benzene rings is 4. The zero-order valence-electron chi connectivity index (χ0n) is 29.2. The summed E-state index contributed by atoms with van der Waals surface area (Å²) in [6.07, 6.45) is -1.07. The lowest BCUT2D eigenvalue weighted by Gasteiger charge is -2.19. The van der Waals surface area contributed by atoms with Crippen LogP contribution in [0, 0.1) is 22.7 Å². The number of halogens is 4. The molecule has 8 N–H and O–H groups in total. The first kappa shape index (κ1) is 41.2. The van der Waals surface area contributed by atoms with Crippen molar-refractivity contribution < 1.29 is 9.59 Å². The number of anilines is 2. The van der Waals surface area contributed by atoms with Crippen LogP contribution in [0.3, 0.4) is 0 Å². The van der Waals surface area contributed by atoms with Crippen LogP contribution >= 0.6 is 69.9 Å². The van der Waals surface area contributed by atoms with Crippen molar-refractivity contribution in [2.45, 2.75) is 18.8 Å². The molecule has 20 heteroatoms. The first-order valence-corrected chi connectivity index (χ1v) is 20.0. The minimum absolute atomic E-state index is 0.0143. The number of nitrogens with one attached hydrogen (secondary N) is 4. The summed E-state index contributed by atoms with van der Waals surface area (Å²) >= 11 is 26.6. The van der Waals surface area contributed by atoms with E-state index in [1.165, 1.54) is 0 Å². The third kappa shape index (κ3) is 10.9. The standard InChI is InChI=1S/C37H28Cl4N12O2S2/c38-26-7-3-20(12-28(26)40)32-48-34(44)52-36(50-32)56-16-30(54)46-24-5-1-18(22(10-24)14-42)9-19-2-6-25(11-23(19)15-43)47-31(55)17-57-37-51-33(49-35(45)53-37)21-4-8-27(39)29(41)13-21/h1-8,10-13,32-33H,9,16-17H2,(H,46,54)(H,47,55)(H3,44,48,50,52)(H3,45,49,51,53)/t32-,33+. The monoisotopic (exact) mass is 876 g/mol. The zero-order chi connectivity index (χ0) is 40.6. The number of nitrogens with two attached hydrogens (primary N) is 2. The van der Waals surface area contributed by atoms with Crippen molar-refractivity contribution in [3.63, 3.8) is 0 Å². The Morgan fingerprint density at radius 2 is 1.05 bits per heavy atom. The highest BCUT2D eigenvalue weighted by molar-refractivity contribution is 8.14. The maximum absolute atomic E-state index is 12.9. The summed E-state index contributed by atoms with van der Waals surface area (Å²) < 4.78 is 0. The molecule has 0 radical (unpaired) electrons. The average Bonchev–Trinajstić information content (AvgIpc) is 3.19. The van der Waals surface area contributed by atoms with Crippen molar-refractivity contribution in [1.82, 2.24) is 10.6 Å². The van der Waals surface area contributed by atoms with Gasteiger partial charge in [-0.25, -0.2) is 20.0 Å². The van der Waals surface area contributed by atoms with E-state index >= 15 is 0 Å². The molecule has 288 valence electrons. The van der Waals surface area contributed by atoms with Crippen molar-refractivity contribution in [3.05, 3.63) is 126 Å². The Hall–Kier alpha value is -5.46. The Morgan fingerprint density at radius 3 is 1.44 bits per heavy atom. The molecule has 0 aromatic heterocycles. The van der Waals surface area contributed by atoms with Gasteiger partial charge in [-0.05, 0) is 59.7 Å². The Morgan fingerprint density at radius 1 is 0.632 bits per heavy atom. The average molecular weight is 879 g/mol. The maximum Gasteiger partial charge on any atom is 0.234 e. The van der Waals surface area contributed by atoms with Crippen LogP contribution in [0.5, 0.6) is 0 Å². The fraction of sp³-hybridized carbons (Fsp3) is 0.135. The largest absolute Gasteiger partial charge is 0.370 e. The van der Waals surface area contributed by atoms with Gasteiger partial charge in [0, 0.05) is 28.9 Å². The summed E-state index contributed by atoms with van der Waals surface area (Å²) in [5.41, 5.74) is 16.0. The smallest absolute Gasteiger partial charge is 0.234 e. The summed E-state index contributed by atoms with van der Waals surface area (Å²) in [6, 6.07) is 24.3. The normalized spacial score (nSPS) is 16.0. The molecular weight excluding hydrogens is 850 g/mol. The molecule has 0 spiro atoms. The Labute approximate surface area is 354 Å².